The monoisotopic (exact) mass is 322 g/mol. The van der Waals surface area contributed by atoms with Gasteiger partial charge in [-0.2, -0.15) is 0 Å². The van der Waals surface area contributed by atoms with Crippen LogP contribution in [0.5, 0.6) is 5.75 Å². The van der Waals surface area contributed by atoms with Gasteiger partial charge in [0.2, 0.25) is 0 Å². The molecule has 120 valence electrons. The first-order chi connectivity index (χ1) is 10.9. The minimum absolute atomic E-state index is 0.104. The highest BCUT2D eigenvalue weighted by Gasteiger charge is 2.15. The molecular formula is C15H12F2N2O4. The van der Waals surface area contributed by atoms with Crippen molar-refractivity contribution in [2.75, 3.05) is 18.6 Å². The van der Waals surface area contributed by atoms with Gasteiger partial charge in [-0.25, -0.2) is 8.78 Å². The number of non-ortho nitro benzene ring substituents is 1. The van der Waals surface area contributed by atoms with Crippen molar-refractivity contribution >= 4 is 17.3 Å². The van der Waals surface area contributed by atoms with Crippen molar-refractivity contribution in [3.8, 4) is 5.75 Å². The summed E-state index contributed by atoms with van der Waals surface area (Å²) in [6.07, 6.45) is 0. The van der Waals surface area contributed by atoms with Gasteiger partial charge in [-0.3, -0.25) is 14.9 Å². The Morgan fingerprint density at radius 2 is 1.87 bits per heavy atom. The SMILES string of the molecule is CN(C(=O)COc1cc(F)ccc1F)c1ccc([N+](=O)[O-])cc1. The maximum absolute atomic E-state index is 13.4. The van der Waals surface area contributed by atoms with Gasteiger partial charge in [-0.1, -0.05) is 0 Å². The number of ether oxygens (including phenoxy) is 1. The summed E-state index contributed by atoms with van der Waals surface area (Å²) in [6, 6.07) is 7.99. The second-order valence-corrected chi connectivity index (χ2v) is 4.59. The lowest BCUT2D eigenvalue weighted by atomic mass is 10.2. The van der Waals surface area contributed by atoms with Gasteiger partial charge in [0, 0.05) is 30.9 Å². The molecule has 23 heavy (non-hydrogen) atoms. The summed E-state index contributed by atoms with van der Waals surface area (Å²) in [5.41, 5.74) is 0.302. The molecule has 0 spiro atoms. The van der Waals surface area contributed by atoms with Crippen LogP contribution in [0.15, 0.2) is 42.5 Å². The predicted octanol–water partition coefficient (Wildman–Crippen LogP) is 2.91. The highest BCUT2D eigenvalue weighted by Crippen LogP contribution is 2.20. The quantitative estimate of drug-likeness (QED) is 0.627. The van der Waals surface area contributed by atoms with Gasteiger partial charge in [0.25, 0.3) is 11.6 Å². The molecule has 1 amide bonds. The Morgan fingerprint density at radius 3 is 2.48 bits per heavy atom. The molecule has 0 fully saturated rings. The molecule has 2 aromatic rings. The summed E-state index contributed by atoms with van der Waals surface area (Å²) in [4.78, 5) is 23.2. The van der Waals surface area contributed by atoms with Gasteiger partial charge in [-0.15, -0.1) is 0 Å². The number of rotatable bonds is 5. The van der Waals surface area contributed by atoms with Crippen molar-refractivity contribution in [3.63, 3.8) is 0 Å². The van der Waals surface area contributed by atoms with Crippen molar-refractivity contribution in [1.29, 1.82) is 0 Å². The lowest BCUT2D eigenvalue weighted by Gasteiger charge is -2.17. The number of nitro groups is 1. The summed E-state index contributed by atoms with van der Waals surface area (Å²) in [5, 5.41) is 10.6. The van der Waals surface area contributed by atoms with Crippen molar-refractivity contribution in [1.82, 2.24) is 0 Å². The Bertz CT molecular complexity index is 735. The second kappa shape index (κ2) is 6.82. The summed E-state index contributed by atoms with van der Waals surface area (Å²) in [7, 11) is 1.44. The third kappa shape index (κ3) is 4.00. The van der Waals surface area contributed by atoms with Crippen molar-refractivity contribution in [3.05, 3.63) is 64.2 Å². The van der Waals surface area contributed by atoms with E-state index in [9.17, 15) is 23.7 Å². The first kappa shape index (κ1) is 16.3. The van der Waals surface area contributed by atoms with Gasteiger partial charge >= 0.3 is 0 Å². The molecule has 0 saturated carbocycles. The molecule has 0 atom stereocenters. The van der Waals surface area contributed by atoms with E-state index in [2.05, 4.69) is 0 Å². The van der Waals surface area contributed by atoms with E-state index < -0.39 is 29.1 Å². The lowest BCUT2D eigenvalue weighted by Crippen LogP contribution is -2.31. The Balaban J connectivity index is 2.02. The zero-order chi connectivity index (χ0) is 17.0. The van der Waals surface area contributed by atoms with Crippen molar-refractivity contribution in [2.24, 2.45) is 0 Å². The molecule has 2 aromatic carbocycles. The number of halogens is 2. The molecular weight excluding hydrogens is 310 g/mol. The third-order valence-corrected chi connectivity index (χ3v) is 3.07. The Morgan fingerprint density at radius 1 is 1.22 bits per heavy atom. The molecule has 0 N–H and O–H groups in total. The average molecular weight is 322 g/mol. The van der Waals surface area contributed by atoms with Crippen LogP contribution in [-0.4, -0.2) is 24.5 Å². The number of hydrogen-bond donors (Lipinski definition) is 0. The molecule has 0 aliphatic heterocycles. The molecule has 0 aliphatic carbocycles. The van der Waals surface area contributed by atoms with Gasteiger partial charge in [0.15, 0.2) is 18.2 Å². The maximum atomic E-state index is 13.4. The number of carbonyl (C=O) groups excluding carboxylic acids is 1. The molecule has 8 heteroatoms. The fraction of sp³-hybridized carbons (Fsp3) is 0.133. The molecule has 2 rings (SSSR count). The predicted molar refractivity (Wildman–Crippen MR) is 78.4 cm³/mol. The molecule has 0 bridgehead atoms. The number of anilines is 1. The zero-order valence-electron chi connectivity index (χ0n) is 12.0. The zero-order valence-corrected chi connectivity index (χ0v) is 12.0. The number of carbonyl (C=O) groups is 1. The van der Waals surface area contributed by atoms with Gasteiger partial charge < -0.3 is 9.64 Å². The summed E-state index contributed by atoms with van der Waals surface area (Å²) in [6.45, 7) is -0.506. The van der Waals surface area contributed by atoms with Crippen LogP contribution in [0, 0.1) is 21.7 Å². The largest absolute Gasteiger partial charge is 0.481 e. The Hall–Kier alpha value is -3.03. The van der Waals surface area contributed by atoms with E-state index in [1.54, 1.807) is 0 Å². The van der Waals surface area contributed by atoms with Crippen molar-refractivity contribution < 1.29 is 23.2 Å². The molecule has 0 heterocycles. The summed E-state index contributed by atoms with van der Waals surface area (Å²) < 4.78 is 31.4. The van der Waals surface area contributed by atoms with Crippen LogP contribution in [0.1, 0.15) is 0 Å². The van der Waals surface area contributed by atoms with Crippen LogP contribution in [0.3, 0.4) is 0 Å². The topological polar surface area (TPSA) is 72.7 Å². The molecule has 6 nitrogen and oxygen atoms in total. The second-order valence-electron chi connectivity index (χ2n) is 4.59. The van der Waals surface area contributed by atoms with Gasteiger partial charge in [0.05, 0.1) is 4.92 Å². The highest BCUT2D eigenvalue weighted by atomic mass is 19.1. The lowest BCUT2D eigenvalue weighted by molar-refractivity contribution is -0.384. The highest BCUT2D eigenvalue weighted by molar-refractivity contribution is 5.94. The van der Waals surface area contributed by atoms with E-state index >= 15 is 0 Å². The number of likely N-dealkylation sites (N-methyl/N-ethyl adjacent to an activating group) is 1. The molecule has 0 aromatic heterocycles. The Kier molecular flexibility index (Phi) is 4.85. The standard InChI is InChI=1S/C15H12F2N2O4/c1-18(11-3-5-12(6-4-11)19(21)22)15(20)9-23-14-8-10(16)2-7-13(14)17/h2-8H,9H2,1H3. The van der Waals surface area contributed by atoms with Crippen LogP contribution in [0.4, 0.5) is 20.2 Å². The minimum Gasteiger partial charge on any atom is -0.481 e. The number of hydrogen-bond acceptors (Lipinski definition) is 4. The van der Waals surface area contributed by atoms with E-state index in [-0.39, 0.29) is 11.4 Å². The van der Waals surface area contributed by atoms with Gasteiger partial charge in [-0.05, 0) is 24.3 Å². The van der Waals surface area contributed by atoms with E-state index in [0.29, 0.717) is 5.69 Å². The van der Waals surface area contributed by atoms with Crippen LogP contribution < -0.4 is 9.64 Å². The van der Waals surface area contributed by atoms with Gasteiger partial charge in [0.1, 0.15) is 5.82 Å². The van der Waals surface area contributed by atoms with Crippen molar-refractivity contribution in [2.45, 2.75) is 0 Å². The minimum atomic E-state index is -0.780. The molecule has 0 saturated heterocycles. The summed E-state index contributed by atoms with van der Waals surface area (Å²) in [5.74, 6) is -2.35. The first-order valence-electron chi connectivity index (χ1n) is 6.47. The third-order valence-electron chi connectivity index (χ3n) is 3.07. The summed E-state index contributed by atoms with van der Waals surface area (Å²) >= 11 is 0. The first-order valence-corrected chi connectivity index (χ1v) is 6.47. The van der Waals surface area contributed by atoms with E-state index in [0.717, 1.165) is 18.2 Å². The van der Waals surface area contributed by atoms with E-state index in [1.165, 1.54) is 36.2 Å². The molecule has 0 aliphatic rings. The van der Waals surface area contributed by atoms with E-state index in [1.807, 2.05) is 0 Å². The normalized spacial score (nSPS) is 10.2. The van der Waals surface area contributed by atoms with Crippen LogP contribution in [-0.2, 0) is 4.79 Å². The van der Waals surface area contributed by atoms with E-state index in [4.69, 9.17) is 4.74 Å². The maximum Gasteiger partial charge on any atom is 0.269 e. The molecule has 0 radical (unpaired) electrons. The fourth-order valence-electron chi connectivity index (χ4n) is 1.77. The smallest absolute Gasteiger partial charge is 0.269 e. The van der Waals surface area contributed by atoms with Crippen LogP contribution in [0.2, 0.25) is 0 Å². The Labute approximate surface area is 130 Å². The number of amides is 1. The van der Waals surface area contributed by atoms with Crippen LogP contribution in [0.25, 0.3) is 0 Å². The number of nitrogens with zero attached hydrogens (tertiary/aromatic N) is 2. The number of nitro benzene ring substituents is 1. The van der Waals surface area contributed by atoms with Crippen LogP contribution >= 0.6 is 0 Å². The average Bonchev–Trinajstić information content (AvgIpc) is 2.54. The number of benzene rings is 2. The fourth-order valence-corrected chi connectivity index (χ4v) is 1.77. The molecule has 0 unspecified atom stereocenters.